The zero-order valence-corrected chi connectivity index (χ0v) is 7.45. The number of nitrogens with zero attached hydrogens (tertiary/aromatic N) is 1. The van der Waals surface area contributed by atoms with E-state index in [4.69, 9.17) is 0 Å². The Balaban J connectivity index is 2.28. The summed E-state index contributed by atoms with van der Waals surface area (Å²) in [5, 5.41) is 0. The molecule has 3 heteroatoms. The van der Waals surface area contributed by atoms with Crippen LogP contribution in [-0.2, 0) is 6.54 Å². The summed E-state index contributed by atoms with van der Waals surface area (Å²) in [6.07, 6.45) is 3.62. The molecule has 14 heavy (non-hydrogen) atoms. The van der Waals surface area contributed by atoms with Crippen LogP contribution in [0.5, 0.6) is 0 Å². The molecular weight excluding hydrogens is 184 g/mol. The summed E-state index contributed by atoms with van der Waals surface area (Å²) in [4.78, 5) is 0. The maximum absolute atomic E-state index is 13.2. The molecule has 1 heterocycles. The zero-order valence-electron chi connectivity index (χ0n) is 7.45. The zero-order chi connectivity index (χ0) is 9.97. The molecule has 0 saturated carbocycles. The van der Waals surface area contributed by atoms with Crippen LogP contribution in [0, 0.1) is 11.6 Å². The Bertz CT molecular complexity index is 421. The van der Waals surface area contributed by atoms with Gasteiger partial charge >= 0.3 is 0 Å². The molecule has 0 atom stereocenters. The van der Waals surface area contributed by atoms with Gasteiger partial charge in [-0.1, -0.05) is 0 Å². The fourth-order valence-corrected chi connectivity index (χ4v) is 1.34. The number of halogens is 2. The lowest BCUT2D eigenvalue weighted by molar-refractivity contribution is 0.577. The molecule has 0 unspecified atom stereocenters. The van der Waals surface area contributed by atoms with Gasteiger partial charge in [0.15, 0.2) is 0 Å². The van der Waals surface area contributed by atoms with E-state index in [2.05, 4.69) is 0 Å². The molecule has 0 aliphatic rings. The Hall–Kier alpha value is -1.64. The van der Waals surface area contributed by atoms with Gasteiger partial charge in [0.1, 0.15) is 11.6 Å². The highest BCUT2D eigenvalue weighted by atomic mass is 19.1. The van der Waals surface area contributed by atoms with Gasteiger partial charge in [0, 0.05) is 24.5 Å². The van der Waals surface area contributed by atoms with Crippen LogP contribution in [0.4, 0.5) is 8.78 Å². The number of aromatic nitrogens is 1. The first kappa shape index (κ1) is 8.94. The number of hydrogen-bond donors (Lipinski definition) is 0. The predicted molar refractivity (Wildman–Crippen MR) is 49.9 cm³/mol. The summed E-state index contributed by atoms with van der Waals surface area (Å²) in [6, 6.07) is 7.17. The summed E-state index contributed by atoms with van der Waals surface area (Å²) in [7, 11) is 0. The largest absolute Gasteiger partial charge is 0.350 e. The summed E-state index contributed by atoms with van der Waals surface area (Å²) in [6.45, 7) is 0.358. The van der Waals surface area contributed by atoms with Crippen molar-refractivity contribution in [1.29, 1.82) is 0 Å². The van der Waals surface area contributed by atoms with Gasteiger partial charge in [-0.25, -0.2) is 8.78 Å². The third-order valence-corrected chi connectivity index (χ3v) is 2.03. The van der Waals surface area contributed by atoms with Gasteiger partial charge < -0.3 is 4.57 Å². The van der Waals surface area contributed by atoms with E-state index in [1.165, 1.54) is 6.07 Å². The van der Waals surface area contributed by atoms with Crippen LogP contribution in [0.3, 0.4) is 0 Å². The monoisotopic (exact) mass is 193 g/mol. The second-order valence-electron chi connectivity index (χ2n) is 3.09. The molecule has 1 aromatic carbocycles. The summed E-state index contributed by atoms with van der Waals surface area (Å²) in [5.74, 6) is -0.784. The standard InChI is InChI=1S/C11H9F2N/c12-10-3-4-11(13)9(7-10)8-14-5-1-2-6-14/h1-7H,8H2. The van der Waals surface area contributed by atoms with Crippen molar-refractivity contribution in [3.05, 3.63) is 59.9 Å². The quantitative estimate of drug-likeness (QED) is 0.691. The molecule has 0 bridgehead atoms. The molecule has 0 N–H and O–H groups in total. The Morgan fingerprint density at radius 2 is 1.79 bits per heavy atom. The van der Waals surface area contributed by atoms with Crippen molar-refractivity contribution in [3.8, 4) is 0 Å². The lowest BCUT2D eigenvalue weighted by Gasteiger charge is -2.04. The van der Waals surface area contributed by atoms with E-state index in [1.54, 1.807) is 4.57 Å². The van der Waals surface area contributed by atoms with E-state index in [0.29, 0.717) is 12.1 Å². The number of hydrogen-bond acceptors (Lipinski definition) is 0. The molecule has 2 rings (SSSR count). The van der Waals surface area contributed by atoms with Crippen LogP contribution in [0.25, 0.3) is 0 Å². The SMILES string of the molecule is Fc1ccc(F)c(Cn2cccc2)c1. The Kier molecular flexibility index (Phi) is 2.31. The van der Waals surface area contributed by atoms with Gasteiger partial charge in [0.25, 0.3) is 0 Å². The van der Waals surface area contributed by atoms with Crippen LogP contribution in [0.1, 0.15) is 5.56 Å². The van der Waals surface area contributed by atoms with Crippen LogP contribution >= 0.6 is 0 Å². The highest BCUT2D eigenvalue weighted by Crippen LogP contribution is 2.11. The minimum atomic E-state index is -0.409. The average Bonchev–Trinajstić information content (AvgIpc) is 2.64. The second-order valence-corrected chi connectivity index (χ2v) is 3.09. The molecular formula is C11H9F2N. The van der Waals surface area contributed by atoms with E-state index in [9.17, 15) is 8.78 Å². The smallest absolute Gasteiger partial charge is 0.128 e. The molecule has 0 amide bonds. The van der Waals surface area contributed by atoms with E-state index < -0.39 is 5.82 Å². The fourth-order valence-electron chi connectivity index (χ4n) is 1.34. The second kappa shape index (κ2) is 3.62. The van der Waals surface area contributed by atoms with E-state index >= 15 is 0 Å². The van der Waals surface area contributed by atoms with Gasteiger partial charge in [-0.05, 0) is 30.3 Å². The van der Waals surface area contributed by atoms with E-state index in [-0.39, 0.29) is 5.82 Å². The molecule has 0 aliphatic carbocycles. The molecule has 0 radical (unpaired) electrons. The van der Waals surface area contributed by atoms with E-state index in [0.717, 1.165) is 12.1 Å². The van der Waals surface area contributed by atoms with Crippen molar-refractivity contribution >= 4 is 0 Å². The Morgan fingerprint density at radius 3 is 2.50 bits per heavy atom. The summed E-state index contributed by atoms with van der Waals surface area (Å²) >= 11 is 0. The molecule has 0 fully saturated rings. The number of rotatable bonds is 2. The topological polar surface area (TPSA) is 4.93 Å². The van der Waals surface area contributed by atoms with Crippen LogP contribution in [0.2, 0.25) is 0 Å². The third kappa shape index (κ3) is 1.82. The Morgan fingerprint density at radius 1 is 1.07 bits per heavy atom. The van der Waals surface area contributed by atoms with Gasteiger partial charge in [-0.2, -0.15) is 0 Å². The van der Waals surface area contributed by atoms with Gasteiger partial charge in [0.2, 0.25) is 0 Å². The fraction of sp³-hybridized carbons (Fsp3) is 0.0909. The maximum Gasteiger partial charge on any atom is 0.128 e. The summed E-state index contributed by atoms with van der Waals surface area (Å²) in [5.41, 5.74) is 0.362. The predicted octanol–water partition coefficient (Wildman–Crippen LogP) is 2.81. The number of benzene rings is 1. The van der Waals surface area contributed by atoms with E-state index in [1.807, 2.05) is 24.5 Å². The first-order valence-corrected chi connectivity index (χ1v) is 4.30. The highest BCUT2D eigenvalue weighted by Gasteiger charge is 2.03. The summed E-state index contributed by atoms with van der Waals surface area (Å²) < 4.78 is 27.8. The Labute approximate surface area is 80.6 Å². The normalized spacial score (nSPS) is 10.4. The first-order valence-electron chi connectivity index (χ1n) is 4.30. The van der Waals surface area contributed by atoms with Crippen molar-refractivity contribution in [2.24, 2.45) is 0 Å². The van der Waals surface area contributed by atoms with Crippen molar-refractivity contribution < 1.29 is 8.78 Å². The van der Waals surface area contributed by atoms with Crippen molar-refractivity contribution in [3.63, 3.8) is 0 Å². The minimum Gasteiger partial charge on any atom is -0.350 e. The molecule has 72 valence electrons. The van der Waals surface area contributed by atoms with Gasteiger partial charge in [-0.3, -0.25) is 0 Å². The molecule has 1 aromatic heterocycles. The minimum absolute atomic E-state index is 0.358. The maximum atomic E-state index is 13.2. The van der Waals surface area contributed by atoms with Crippen molar-refractivity contribution in [1.82, 2.24) is 4.57 Å². The molecule has 1 nitrogen and oxygen atoms in total. The van der Waals surface area contributed by atoms with Gasteiger partial charge in [-0.15, -0.1) is 0 Å². The van der Waals surface area contributed by atoms with Crippen LogP contribution < -0.4 is 0 Å². The molecule has 0 spiro atoms. The van der Waals surface area contributed by atoms with Gasteiger partial charge in [0.05, 0.1) is 0 Å². The molecule has 2 aromatic rings. The molecule has 0 aliphatic heterocycles. The third-order valence-electron chi connectivity index (χ3n) is 2.03. The first-order chi connectivity index (χ1) is 6.75. The lowest BCUT2D eigenvalue weighted by atomic mass is 10.2. The van der Waals surface area contributed by atoms with Crippen molar-refractivity contribution in [2.75, 3.05) is 0 Å². The average molecular weight is 193 g/mol. The van der Waals surface area contributed by atoms with Crippen LogP contribution in [-0.4, -0.2) is 4.57 Å². The van der Waals surface area contributed by atoms with Crippen molar-refractivity contribution in [2.45, 2.75) is 6.54 Å². The van der Waals surface area contributed by atoms with Crippen LogP contribution in [0.15, 0.2) is 42.7 Å². The highest BCUT2D eigenvalue weighted by molar-refractivity contribution is 5.19. The molecule has 0 saturated heterocycles. The lowest BCUT2D eigenvalue weighted by Crippen LogP contribution is -1.99.